The van der Waals surface area contributed by atoms with E-state index in [-0.39, 0.29) is 21.6 Å². The maximum absolute atomic E-state index is 12.3. The monoisotopic (exact) mass is 402 g/mol. The number of hydrogen-bond donors (Lipinski definition) is 1. The zero-order valence-electron chi connectivity index (χ0n) is 10.4. The van der Waals surface area contributed by atoms with Gasteiger partial charge in [-0.25, -0.2) is 17.8 Å². The molecule has 1 atom stereocenters. The van der Waals surface area contributed by atoms with Crippen LogP contribution in [0.1, 0.15) is 20.3 Å². The van der Waals surface area contributed by atoms with E-state index in [1.54, 1.807) is 7.05 Å². The van der Waals surface area contributed by atoms with Crippen molar-refractivity contribution in [1.82, 2.24) is 19.7 Å². The molecule has 1 aromatic rings. The van der Waals surface area contributed by atoms with Gasteiger partial charge in [-0.3, -0.25) is 0 Å². The van der Waals surface area contributed by atoms with Crippen molar-refractivity contribution < 1.29 is 8.42 Å². The summed E-state index contributed by atoms with van der Waals surface area (Å²) in [7, 11) is -2.08. The third kappa shape index (κ3) is 3.75. The lowest BCUT2D eigenvalue weighted by atomic mass is 10.0. The number of hydrogen-bond acceptors (Lipinski definition) is 4. The Bertz CT molecular complexity index is 481. The average molecular weight is 404 g/mol. The Kier molecular flexibility index (Phi) is 5.75. The number of aromatic nitrogens is 3. The van der Waals surface area contributed by atoms with Crippen LogP contribution in [-0.2, 0) is 17.1 Å². The van der Waals surface area contributed by atoms with Crippen LogP contribution in [0.25, 0.3) is 0 Å². The molecule has 0 aromatic carbocycles. The summed E-state index contributed by atoms with van der Waals surface area (Å²) >= 11 is 6.43. The van der Waals surface area contributed by atoms with Crippen LogP contribution in [0.2, 0.25) is 0 Å². The fourth-order valence-electron chi connectivity index (χ4n) is 1.51. The van der Waals surface area contributed by atoms with Gasteiger partial charge in [-0.2, -0.15) is 0 Å². The van der Waals surface area contributed by atoms with Crippen molar-refractivity contribution in [3.05, 3.63) is 4.60 Å². The molecule has 0 aliphatic heterocycles. The summed E-state index contributed by atoms with van der Waals surface area (Å²) in [5, 5.41) is 8.14. The van der Waals surface area contributed by atoms with Crippen molar-refractivity contribution in [2.24, 2.45) is 13.0 Å². The summed E-state index contributed by atoms with van der Waals surface area (Å²) in [6.45, 7) is 3.96. The molecule has 1 N–H and O–H groups in total. The van der Waals surface area contributed by atoms with Gasteiger partial charge in [0.05, 0.1) is 0 Å². The maximum Gasteiger partial charge on any atom is 0.260 e. The molecule has 6 nitrogen and oxygen atoms in total. The Hall–Kier alpha value is 0.0100. The summed E-state index contributed by atoms with van der Waals surface area (Å²) in [5.74, 6) is 0.206. The second-order valence-electron chi connectivity index (χ2n) is 4.26. The molecule has 1 rings (SSSR count). The Labute approximate surface area is 124 Å². The van der Waals surface area contributed by atoms with Gasteiger partial charge in [0.25, 0.3) is 10.0 Å². The van der Waals surface area contributed by atoms with Gasteiger partial charge >= 0.3 is 0 Å². The van der Waals surface area contributed by atoms with E-state index in [1.807, 2.05) is 13.8 Å². The molecular formula is C9H16Br2N4O2S. The summed E-state index contributed by atoms with van der Waals surface area (Å²) in [6, 6.07) is -0.129. The van der Waals surface area contributed by atoms with E-state index in [0.717, 1.165) is 11.8 Å². The number of alkyl halides is 1. The molecule has 104 valence electrons. The third-order valence-corrected chi connectivity index (χ3v) is 5.36. The lowest BCUT2D eigenvalue weighted by molar-refractivity contribution is 0.437. The normalized spacial score (nSPS) is 14.1. The SMILES string of the molecule is CC(C)C(CCBr)NS(=O)(=O)c1c(Br)nnn1C. The lowest BCUT2D eigenvalue weighted by Crippen LogP contribution is -2.39. The molecule has 0 spiro atoms. The van der Waals surface area contributed by atoms with E-state index in [4.69, 9.17) is 0 Å². The van der Waals surface area contributed by atoms with Gasteiger partial charge in [-0.05, 0) is 28.3 Å². The zero-order chi connectivity index (χ0) is 13.9. The van der Waals surface area contributed by atoms with Crippen molar-refractivity contribution in [2.75, 3.05) is 5.33 Å². The van der Waals surface area contributed by atoms with Crippen LogP contribution in [-0.4, -0.2) is 34.8 Å². The standard InChI is InChI=1S/C9H16Br2N4O2S/c1-6(2)7(4-5-10)13-18(16,17)9-8(11)12-14-15(9)3/h6-7,13H,4-5H2,1-3H3. The van der Waals surface area contributed by atoms with Crippen LogP contribution in [0.5, 0.6) is 0 Å². The molecule has 1 heterocycles. The highest BCUT2D eigenvalue weighted by molar-refractivity contribution is 9.10. The summed E-state index contributed by atoms with van der Waals surface area (Å²) in [5.41, 5.74) is 0. The Balaban J connectivity index is 3.01. The molecule has 0 saturated carbocycles. The minimum absolute atomic E-state index is 0.0442. The lowest BCUT2D eigenvalue weighted by Gasteiger charge is -2.21. The predicted molar refractivity (Wildman–Crippen MR) is 76.1 cm³/mol. The van der Waals surface area contributed by atoms with E-state index in [2.05, 4.69) is 46.9 Å². The first-order chi connectivity index (χ1) is 8.29. The second-order valence-corrected chi connectivity index (χ2v) is 7.43. The molecule has 18 heavy (non-hydrogen) atoms. The van der Waals surface area contributed by atoms with E-state index < -0.39 is 10.0 Å². The molecule has 0 amide bonds. The second kappa shape index (κ2) is 6.44. The Morgan fingerprint density at radius 1 is 1.44 bits per heavy atom. The first-order valence-electron chi connectivity index (χ1n) is 5.43. The van der Waals surface area contributed by atoms with E-state index in [0.29, 0.717) is 0 Å². The molecule has 0 bridgehead atoms. The molecule has 0 radical (unpaired) electrons. The fraction of sp³-hybridized carbons (Fsp3) is 0.778. The average Bonchev–Trinajstić information content (AvgIpc) is 2.58. The minimum atomic E-state index is -3.62. The highest BCUT2D eigenvalue weighted by Gasteiger charge is 2.27. The Morgan fingerprint density at radius 3 is 2.44 bits per heavy atom. The van der Waals surface area contributed by atoms with Gasteiger partial charge in [0.1, 0.15) is 0 Å². The molecule has 0 aliphatic carbocycles. The van der Waals surface area contributed by atoms with Crippen LogP contribution in [0.15, 0.2) is 9.63 Å². The molecule has 1 unspecified atom stereocenters. The number of nitrogens with one attached hydrogen (secondary N) is 1. The van der Waals surface area contributed by atoms with Crippen LogP contribution in [0, 0.1) is 5.92 Å². The largest absolute Gasteiger partial charge is 0.260 e. The predicted octanol–water partition coefficient (Wildman–Crippen LogP) is 1.67. The van der Waals surface area contributed by atoms with Crippen molar-refractivity contribution in [3.8, 4) is 0 Å². The van der Waals surface area contributed by atoms with Gasteiger partial charge in [0.2, 0.25) is 5.03 Å². The summed E-state index contributed by atoms with van der Waals surface area (Å²) in [6.07, 6.45) is 0.722. The third-order valence-electron chi connectivity index (χ3n) is 2.52. The van der Waals surface area contributed by atoms with Crippen molar-refractivity contribution in [1.29, 1.82) is 0 Å². The van der Waals surface area contributed by atoms with Crippen LogP contribution < -0.4 is 4.72 Å². The maximum atomic E-state index is 12.3. The fourth-order valence-corrected chi connectivity index (χ4v) is 4.52. The number of aryl methyl sites for hydroxylation is 1. The molecule has 0 fully saturated rings. The number of nitrogens with zero attached hydrogens (tertiary/aromatic N) is 3. The molecule has 0 saturated heterocycles. The van der Waals surface area contributed by atoms with E-state index in [9.17, 15) is 8.42 Å². The van der Waals surface area contributed by atoms with Gasteiger partial charge in [-0.15, -0.1) is 5.10 Å². The smallest absolute Gasteiger partial charge is 0.235 e. The zero-order valence-corrected chi connectivity index (χ0v) is 14.4. The van der Waals surface area contributed by atoms with Crippen LogP contribution in [0.4, 0.5) is 0 Å². The highest BCUT2D eigenvalue weighted by atomic mass is 79.9. The van der Waals surface area contributed by atoms with Crippen LogP contribution in [0.3, 0.4) is 0 Å². The van der Waals surface area contributed by atoms with Crippen molar-refractivity contribution in [2.45, 2.75) is 31.3 Å². The van der Waals surface area contributed by atoms with Crippen molar-refractivity contribution >= 4 is 41.9 Å². The first kappa shape index (κ1) is 16.1. The molecule has 1 aromatic heterocycles. The highest BCUT2D eigenvalue weighted by Crippen LogP contribution is 2.19. The van der Waals surface area contributed by atoms with Gasteiger partial charge in [0, 0.05) is 18.4 Å². The van der Waals surface area contributed by atoms with E-state index in [1.165, 1.54) is 4.68 Å². The summed E-state index contributed by atoms with van der Waals surface area (Å²) in [4.78, 5) is 0. The minimum Gasteiger partial charge on any atom is -0.235 e. The molecular weight excluding hydrogens is 388 g/mol. The topological polar surface area (TPSA) is 76.9 Å². The van der Waals surface area contributed by atoms with Crippen LogP contribution >= 0.6 is 31.9 Å². The van der Waals surface area contributed by atoms with Gasteiger partial charge in [-0.1, -0.05) is 35.0 Å². The first-order valence-corrected chi connectivity index (χ1v) is 8.82. The summed E-state index contributed by atoms with van der Waals surface area (Å²) < 4.78 is 28.7. The Morgan fingerprint density at radius 2 is 2.06 bits per heavy atom. The number of sulfonamides is 1. The molecule has 9 heteroatoms. The quantitative estimate of drug-likeness (QED) is 0.732. The number of halogens is 2. The van der Waals surface area contributed by atoms with E-state index >= 15 is 0 Å². The van der Waals surface area contributed by atoms with Crippen molar-refractivity contribution in [3.63, 3.8) is 0 Å². The number of rotatable bonds is 6. The van der Waals surface area contributed by atoms with Gasteiger partial charge < -0.3 is 0 Å². The van der Waals surface area contributed by atoms with Gasteiger partial charge in [0.15, 0.2) is 4.60 Å². The molecule has 0 aliphatic rings.